The molecule has 1 atom stereocenters. The number of hydrogen-bond acceptors (Lipinski definition) is 5. The van der Waals surface area contributed by atoms with Crippen LogP contribution in [0.1, 0.15) is 52.0 Å². The molecule has 0 radical (unpaired) electrons. The molecule has 0 aliphatic heterocycles. The third-order valence-electron chi connectivity index (χ3n) is 4.95. The minimum atomic E-state index is -4.96. The normalized spacial score (nSPS) is 13.6. The SMILES string of the molecule is CC=C(N=C(OC)[C@@H](CC)CCCC)c1ccc(Nc2ccc(OC(F)(F)F)c(F)c2)nc1. The summed E-state index contributed by atoms with van der Waals surface area (Å²) in [5.41, 5.74) is 1.71. The first-order valence-electron chi connectivity index (χ1n) is 10.8. The lowest BCUT2D eigenvalue weighted by Gasteiger charge is -2.17. The summed E-state index contributed by atoms with van der Waals surface area (Å²) in [6.45, 7) is 6.13. The minimum absolute atomic E-state index is 0.231. The van der Waals surface area contributed by atoms with Crippen LogP contribution in [0.2, 0.25) is 0 Å². The van der Waals surface area contributed by atoms with Crippen LogP contribution in [0.3, 0.4) is 0 Å². The maximum atomic E-state index is 13.9. The van der Waals surface area contributed by atoms with Crippen LogP contribution in [-0.2, 0) is 4.74 Å². The number of nitrogens with one attached hydrogen (secondary N) is 1. The van der Waals surface area contributed by atoms with Gasteiger partial charge < -0.3 is 14.8 Å². The molecular formula is C24H29F4N3O2. The predicted octanol–water partition coefficient (Wildman–Crippen LogP) is 7.49. The number of pyridine rings is 1. The molecule has 1 aromatic carbocycles. The fourth-order valence-electron chi connectivity index (χ4n) is 3.22. The van der Waals surface area contributed by atoms with Crippen LogP contribution in [-0.4, -0.2) is 24.4 Å². The fraction of sp³-hybridized carbons (Fsp3) is 0.417. The van der Waals surface area contributed by atoms with Crippen LogP contribution in [0.25, 0.3) is 5.70 Å². The number of unbranched alkanes of at least 4 members (excludes halogenated alkanes) is 1. The zero-order chi connectivity index (χ0) is 24.4. The van der Waals surface area contributed by atoms with Crippen LogP contribution in [0.5, 0.6) is 5.75 Å². The second kappa shape index (κ2) is 12.2. The fourth-order valence-corrected chi connectivity index (χ4v) is 3.22. The first kappa shape index (κ1) is 26.2. The zero-order valence-electron chi connectivity index (χ0n) is 19.2. The van der Waals surface area contributed by atoms with E-state index in [-0.39, 0.29) is 11.6 Å². The van der Waals surface area contributed by atoms with Crippen LogP contribution in [0, 0.1) is 11.7 Å². The molecule has 0 unspecified atom stereocenters. The summed E-state index contributed by atoms with van der Waals surface area (Å²) in [4.78, 5) is 9.02. The Balaban J connectivity index is 2.15. The van der Waals surface area contributed by atoms with E-state index in [1.54, 1.807) is 25.4 Å². The average Bonchev–Trinajstić information content (AvgIpc) is 2.78. The number of benzene rings is 1. The quantitative estimate of drug-likeness (QED) is 0.223. The van der Waals surface area contributed by atoms with Crippen molar-refractivity contribution in [2.75, 3.05) is 12.4 Å². The number of allylic oxidation sites excluding steroid dienone is 1. The third kappa shape index (κ3) is 8.07. The highest BCUT2D eigenvalue weighted by Crippen LogP contribution is 2.29. The lowest BCUT2D eigenvalue weighted by atomic mass is 9.99. The second-order valence-corrected chi connectivity index (χ2v) is 7.33. The molecule has 0 bridgehead atoms. The largest absolute Gasteiger partial charge is 0.573 e. The van der Waals surface area contributed by atoms with Crippen molar-refractivity contribution in [3.05, 3.63) is 54.0 Å². The van der Waals surface area contributed by atoms with Gasteiger partial charge in [-0.1, -0.05) is 32.8 Å². The number of anilines is 2. The van der Waals surface area contributed by atoms with Gasteiger partial charge in [0.25, 0.3) is 0 Å². The number of alkyl halides is 3. The molecule has 0 aliphatic carbocycles. The van der Waals surface area contributed by atoms with Crippen molar-refractivity contribution in [3.8, 4) is 5.75 Å². The summed E-state index contributed by atoms with van der Waals surface area (Å²) in [6.07, 6.45) is 2.64. The number of ether oxygens (including phenoxy) is 2. The maximum absolute atomic E-state index is 13.9. The van der Waals surface area contributed by atoms with Gasteiger partial charge in [0, 0.05) is 29.4 Å². The number of nitrogens with zero attached hydrogens (tertiary/aromatic N) is 2. The van der Waals surface area contributed by atoms with E-state index in [1.807, 2.05) is 13.0 Å². The van der Waals surface area contributed by atoms with Crippen molar-refractivity contribution in [1.82, 2.24) is 4.98 Å². The highest BCUT2D eigenvalue weighted by atomic mass is 19.4. The number of aliphatic imine (C=N–C) groups is 1. The van der Waals surface area contributed by atoms with Gasteiger partial charge in [-0.15, -0.1) is 13.2 Å². The predicted molar refractivity (Wildman–Crippen MR) is 122 cm³/mol. The molecule has 0 spiro atoms. The number of aromatic nitrogens is 1. The first-order valence-corrected chi connectivity index (χ1v) is 10.8. The molecular weight excluding hydrogens is 438 g/mol. The smallest absolute Gasteiger partial charge is 0.484 e. The second-order valence-electron chi connectivity index (χ2n) is 7.33. The molecule has 1 aromatic heterocycles. The van der Waals surface area contributed by atoms with Crippen LogP contribution < -0.4 is 10.1 Å². The molecule has 0 aliphatic rings. The van der Waals surface area contributed by atoms with E-state index in [2.05, 4.69) is 28.9 Å². The Morgan fingerprint density at radius 2 is 1.97 bits per heavy atom. The maximum Gasteiger partial charge on any atom is 0.573 e. The van der Waals surface area contributed by atoms with Gasteiger partial charge in [0.15, 0.2) is 17.5 Å². The summed E-state index contributed by atoms with van der Waals surface area (Å²) in [5.74, 6) is -0.732. The summed E-state index contributed by atoms with van der Waals surface area (Å²) >= 11 is 0. The van der Waals surface area contributed by atoms with E-state index in [1.165, 1.54) is 6.07 Å². The van der Waals surface area contributed by atoms with E-state index in [0.29, 0.717) is 17.4 Å². The van der Waals surface area contributed by atoms with Crippen molar-refractivity contribution < 1.29 is 27.0 Å². The molecule has 33 heavy (non-hydrogen) atoms. The van der Waals surface area contributed by atoms with Gasteiger partial charge in [-0.3, -0.25) is 0 Å². The van der Waals surface area contributed by atoms with Gasteiger partial charge >= 0.3 is 6.36 Å². The Kier molecular flexibility index (Phi) is 9.69. The third-order valence-corrected chi connectivity index (χ3v) is 4.95. The number of rotatable bonds is 10. The highest BCUT2D eigenvalue weighted by molar-refractivity contribution is 5.85. The number of methoxy groups -OCH3 is 1. The topological polar surface area (TPSA) is 55.7 Å². The molecule has 2 aromatic rings. The summed E-state index contributed by atoms with van der Waals surface area (Å²) in [6, 6.07) is 6.55. The molecule has 0 saturated carbocycles. The van der Waals surface area contributed by atoms with Crippen molar-refractivity contribution >= 4 is 23.1 Å². The van der Waals surface area contributed by atoms with Crippen molar-refractivity contribution in [1.29, 1.82) is 0 Å². The van der Waals surface area contributed by atoms with Crippen molar-refractivity contribution in [3.63, 3.8) is 0 Å². The van der Waals surface area contributed by atoms with Gasteiger partial charge in [-0.25, -0.2) is 14.4 Å². The van der Waals surface area contributed by atoms with Crippen molar-refractivity contribution in [2.45, 2.75) is 52.8 Å². The van der Waals surface area contributed by atoms with Crippen LogP contribution in [0.4, 0.5) is 29.1 Å². The average molecular weight is 468 g/mol. The Hall–Kier alpha value is -3.10. The molecule has 0 amide bonds. The molecule has 1 heterocycles. The van der Waals surface area contributed by atoms with Gasteiger partial charge in [0.2, 0.25) is 0 Å². The molecule has 2 rings (SSSR count). The number of halogens is 4. The van der Waals surface area contributed by atoms with Crippen LogP contribution in [0.15, 0.2) is 47.6 Å². The Bertz CT molecular complexity index is 957. The standard InChI is InChI=1S/C24H29F4N3O2/c1-5-8-9-16(6-2)23(32-4)31-20(7-3)17-10-13-22(29-15-17)30-18-11-12-21(19(25)14-18)33-24(26,27)28/h7,10-16H,5-6,8-9H2,1-4H3,(H,29,30)/t16-/m0/s1. The summed E-state index contributed by atoms with van der Waals surface area (Å²) in [5, 5.41) is 2.85. The van der Waals surface area contributed by atoms with Gasteiger partial charge in [-0.05, 0) is 44.0 Å². The Morgan fingerprint density at radius 3 is 2.48 bits per heavy atom. The summed E-state index contributed by atoms with van der Waals surface area (Å²) in [7, 11) is 1.62. The van der Waals surface area contributed by atoms with Crippen molar-refractivity contribution in [2.24, 2.45) is 10.9 Å². The zero-order valence-corrected chi connectivity index (χ0v) is 19.2. The molecule has 1 N–H and O–H groups in total. The Morgan fingerprint density at radius 1 is 1.21 bits per heavy atom. The lowest BCUT2D eigenvalue weighted by Crippen LogP contribution is -2.17. The summed E-state index contributed by atoms with van der Waals surface area (Å²) < 4.78 is 60.0. The Labute approximate surface area is 191 Å². The molecule has 0 fully saturated rings. The lowest BCUT2D eigenvalue weighted by molar-refractivity contribution is -0.275. The van der Waals surface area contributed by atoms with E-state index in [0.717, 1.165) is 43.4 Å². The van der Waals surface area contributed by atoms with Gasteiger partial charge in [-0.2, -0.15) is 0 Å². The molecule has 9 heteroatoms. The number of hydrogen-bond donors (Lipinski definition) is 1. The minimum Gasteiger partial charge on any atom is -0.484 e. The van der Waals surface area contributed by atoms with Gasteiger partial charge in [0.1, 0.15) is 5.82 Å². The van der Waals surface area contributed by atoms with E-state index in [9.17, 15) is 17.6 Å². The monoisotopic (exact) mass is 467 g/mol. The molecule has 180 valence electrons. The molecule has 5 nitrogen and oxygen atoms in total. The van der Waals surface area contributed by atoms with E-state index in [4.69, 9.17) is 9.73 Å². The van der Waals surface area contributed by atoms with E-state index >= 15 is 0 Å². The highest BCUT2D eigenvalue weighted by Gasteiger charge is 2.32. The first-order chi connectivity index (χ1) is 15.7. The molecule has 0 saturated heterocycles. The van der Waals surface area contributed by atoms with Gasteiger partial charge in [0.05, 0.1) is 12.8 Å². The van der Waals surface area contributed by atoms with Crippen LogP contribution >= 0.6 is 0 Å². The van der Waals surface area contributed by atoms with E-state index < -0.39 is 17.9 Å².